The van der Waals surface area contributed by atoms with E-state index < -0.39 is 15.8 Å². The van der Waals surface area contributed by atoms with E-state index in [1.165, 1.54) is 36.4 Å². The largest absolute Gasteiger partial charge is 0.348 e. The molecule has 144 valence electrons. The molecule has 2 aromatic carbocycles. The number of nitrogens with one attached hydrogen (secondary N) is 3. The number of sulfonamides is 1. The molecular weight excluding hydrogens is 369 g/mol. The summed E-state index contributed by atoms with van der Waals surface area (Å²) < 4.78 is 41.2. The van der Waals surface area contributed by atoms with E-state index in [4.69, 9.17) is 0 Å². The number of anilines is 1. The van der Waals surface area contributed by atoms with E-state index in [0.717, 1.165) is 19.4 Å². The van der Waals surface area contributed by atoms with Gasteiger partial charge in [-0.05, 0) is 56.1 Å². The van der Waals surface area contributed by atoms with Crippen molar-refractivity contribution in [3.8, 4) is 0 Å². The molecule has 6 nitrogen and oxygen atoms in total. The van der Waals surface area contributed by atoms with Gasteiger partial charge in [-0.25, -0.2) is 12.8 Å². The highest BCUT2D eigenvalue weighted by Crippen LogP contribution is 2.21. The first-order chi connectivity index (χ1) is 12.9. The van der Waals surface area contributed by atoms with Crippen LogP contribution >= 0.6 is 0 Å². The zero-order valence-corrected chi connectivity index (χ0v) is 15.8. The molecule has 8 heteroatoms. The molecule has 0 saturated carbocycles. The standard InChI is InChI=1S/C19H22FN3O3S/c1-13-8-9-15(27(25,26)23-18-7-3-2-6-17(18)20)11-16(13)19(24)22-14-5-4-10-21-12-14/h2-3,6-9,11,14,21,23H,4-5,10,12H2,1H3,(H,22,24). The quantitative estimate of drug-likeness (QED) is 0.731. The molecule has 1 fully saturated rings. The van der Waals surface area contributed by atoms with Crippen LogP contribution in [-0.4, -0.2) is 33.5 Å². The fourth-order valence-corrected chi connectivity index (χ4v) is 4.09. The molecule has 1 atom stereocenters. The molecule has 1 aliphatic rings. The van der Waals surface area contributed by atoms with Crippen molar-refractivity contribution in [3.63, 3.8) is 0 Å². The molecule has 2 aromatic rings. The van der Waals surface area contributed by atoms with Gasteiger partial charge in [-0.2, -0.15) is 0 Å². The Morgan fingerprint density at radius 3 is 2.70 bits per heavy atom. The summed E-state index contributed by atoms with van der Waals surface area (Å²) in [5.41, 5.74) is 0.815. The second-order valence-corrected chi connectivity index (χ2v) is 8.26. The van der Waals surface area contributed by atoms with E-state index in [0.29, 0.717) is 12.1 Å². The maximum Gasteiger partial charge on any atom is 0.262 e. The van der Waals surface area contributed by atoms with Crippen LogP contribution in [0.5, 0.6) is 0 Å². The highest BCUT2D eigenvalue weighted by Gasteiger charge is 2.21. The van der Waals surface area contributed by atoms with Crippen LogP contribution in [0.25, 0.3) is 0 Å². The molecule has 0 spiro atoms. The number of piperidine rings is 1. The van der Waals surface area contributed by atoms with Crippen molar-refractivity contribution in [2.75, 3.05) is 17.8 Å². The first-order valence-electron chi connectivity index (χ1n) is 8.76. The third-order valence-corrected chi connectivity index (χ3v) is 5.88. The number of para-hydroxylation sites is 1. The molecule has 3 N–H and O–H groups in total. The van der Waals surface area contributed by atoms with Crippen LogP contribution in [0, 0.1) is 12.7 Å². The summed E-state index contributed by atoms with van der Waals surface area (Å²) in [5.74, 6) is -0.986. The van der Waals surface area contributed by atoms with Crippen molar-refractivity contribution in [3.05, 3.63) is 59.4 Å². The Labute approximate surface area is 158 Å². The van der Waals surface area contributed by atoms with E-state index in [2.05, 4.69) is 15.4 Å². The molecule has 1 amide bonds. The summed E-state index contributed by atoms with van der Waals surface area (Å²) in [5, 5.41) is 6.16. The zero-order chi connectivity index (χ0) is 19.4. The van der Waals surface area contributed by atoms with Gasteiger partial charge in [0.1, 0.15) is 5.82 Å². The number of amides is 1. The minimum atomic E-state index is -4.02. The van der Waals surface area contributed by atoms with Gasteiger partial charge in [-0.1, -0.05) is 18.2 Å². The van der Waals surface area contributed by atoms with E-state index in [1.54, 1.807) is 13.0 Å². The molecule has 0 aliphatic carbocycles. The van der Waals surface area contributed by atoms with Crippen LogP contribution in [0.15, 0.2) is 47.4 Å². The lowest BCUT2D eigenvalue weighted by atomic mass is 10.1. The molecule has 1 saturated heterocycles. The number of aryl methyl sites for hydroxylation is 1. The molecule has 0 radical (unpaired) electrons. The third-order valence-electron chi connectivity index (χ3n) is 4.51. The third kappa shape index (κ3) is 4.64. The molecule has 27 heavy (non-hydrogen) atoms. The van der Waals surface area contributed by atoms with Gasteiger partial charge in [0.05, 0.1) is 10.6 Å². The molecule has 1 heterocycles. The summed E-state index contributed by atoms with van der Waals surface area (Å²) >= 11 is 0. The van der Waals surface area contributed by atoms with E-state index in [-0.39, 0.29) is 28.1 Å². The molecule has 1 unspecified atom stereocenters. The summed E-state index contributed by atoms with van der Waals surface area (Å²) in [6.45, 7) is 3.37. The molecule has 1 aliphatic heterocycles. The lowest BCUT2D eigenvalue weighted by Gasteiger charge is -2.24. The second kappa shape index (κ2) is 8.06. The Hall–Kier alpha value is -2.45. The maximum atomic E-state index is 13.8. The summed E-state index contributed by atoms with van der Waals surface area (Å²) in [6, 6.07) is 9.83. The van der Waals surface area contributed by atoms with Gasteiger partial charge in [0, 0.05) is 18.2 Å². The summed E-state index contributed by atoms with van der Waals surface area (Å²) in [6.07, 6.45) is 1.86. The average Bonchev–Trinajstić information content (AvgIpc) is 2.64. The zero-order valence-electron chi connectivity index (χ0n) is 15.0. The number of benzene rings is 2. The van der Waals surface area contributed by atoms with Crippen LogP contribution in [0.4, 0.5) is 10.1 Å². The number of rotatable bonds is 5. The Morgan fingerprint density at radius 2 is 2.00 bits per heavy atom. The predicted molar refractivity (Wildman–Crippen MR) is 102 cm³/mol. The SMILES string of the molecule is Cc1ccc(S(=O)(=O)Nc2ccccc2F)cc1C(=O)NC1CCCNC1. The Bertz CT molecular complexity index is 941. The Morgan fingerprint density at radius 1 is 1.22 bits per heavy atom. The van der Waals surface area contributed by atoms with Crippen LogP contribution in [0.2, 0.25) is 0 Å². The predicted octanol–water partition coefficient (Wildman–Crippen LogP) is 2.42. The minimum absolute atomic E-state index is 0.0162. The van der Waals surface area contributed by atoms with Crippen LogP contribution in [0.3, 0.4) is 0 Å². The molecule has 3 rings (SSSR count). The maximum absolute atomic E-state index is 13.8. The Kier molecular flexibility index (Phi) is 5.76. The monoisotopic (exact) mass is 391 g/mol. The van der Waals surface area contributed by atoms with Crippen molar-refractivity contribution in [2.45, 2.75) is 30.7 Å². The van der Waals surface area contributed by atoms with Crippen LogP contribution < -0.4 is 15.4 Å². The highest BCUT2D eigenvalue weighted by molar-refractivity contribution is 7.92. The average molecular weight is 391 g/mol. The molecule has 0 aromatic heterocycles. The van der Waals surface area contributed by atoms with Gasteiger partial charge in [-0.3, -0.25) is 9.52 Å². The van der Waals surface area contributed by atoms with Crippen molar-refractivity contribution >= 4 is 21.6 Å². The fourth-order valence-electron chi connectivity index (χ4n) is 3.00. The smallest absolute Gasteiger partial charge is 0.262 e. The van der Waals surface area contributed by atoms with Crippen molar-refractivity contribution < 1.29 is 17.6 Å². The fraction of sp³-hybridized carbons (Fsp3) is 0.316. The Balaban J connectivity index is 1.83. The highest BCUT2D eigenvalue weighted by atomic mass is 32.2. The van der Waals surface area contributed by atoms with Gasteiger partial charge in [0.25, 0.3) is 15.9 Å². The summed E-state index contributed by atoms with van der Waals surface area (Å²) in [4.78, 5) is 12.5. The van der Waals surface area contributed by atoms with Crippen molar-refractivity contribution in [1.82, 2.24) is 10.6 Å². The summed E-state index contributed by atoms with van der Waals surface area (Å²) in [7, 11) is -4.02. The lowest BCUT2D eigenvalue weighted by Crippen LogP contribution is -2.45. The van der Waals surface area contributed by atoms with Gasteiger partial charge in [0.2, 0.25) is 0 Å². The minimum Gasteiger partial charge on any atom is -0.348 e. The first kappa shape index (κ1) is 19.3. The van der Waals surface area contributed by atoms with Gasteiger partial charge >= 0.3 is 0 Å². The number of hydrogen-bond acceptors (Lipinski definition) is 4. The van der Waals surface area contributed by atoms with E-state index >= 15 is 0 Å². The van der Waals surface area contributed by atoms with Crippen LogP contribution in [0.1, 0.15) is 28.8 Å². The normalized spacial score (nSPS) is 17.3. The first-order valence-corrected chi connectivity index (χ1v) is 10.2. The molecule has 0 bridgehead atoms. The lowest BCUT2D eigenvalue weighted by molar-refractivity contribution is 0.0930. The topological polar surface area (TPSA) is 87.3 Å². The van der Waals surface area contributed by atoms with Crippen LogP contribution in [-0.2, 0) is 10.0 Å². The van der Waals surface area contributed by atoms with Gasteiger partial charge < -0.3 is 10.6 Å². The number of hydrogen-bond donors (Lipinski definition) is 3. The number of carbonyl (C=O) groups excluding carboxylic acids is 1. The van der Waals surface area contributed by atoms with E-state index in [1.807, 2.05) is 0 Å². The van der Waals surface area contributed by atoms with Gasteiger partial charge in [-0.15, -0.1) is 0 Å². The van der Waals surface area contributed by atoms with Crippen molar-refractivity contribution in [2.24, 2.45) is 0 Å². The van der Waals surface area contributed by atoms with E-state index in [9.17, 15) is 17.6 Å². The van der Waals surface area contributed by atoms with Gasteiger partial charge in [0.15, 0.2) is 0 Å². The number of halogens is 1. The molecular formula is C19H22FN3O3S. The number of carbonyl (C=O) groups is 1. The van der Waals surface area contributed by atoms with Crippen molar-refractivity contribution in [1.29, 1.82) is 0 Å². The second-order valence-electron chi connectivity index (χ2n) is 6.58.